The highest BCUT2D eigenvalue weighted by Crippen LogP contribution is 2.22. The van der Waals surface area contributed by atoms with Gasteiger partial charge in [0.2, 0.25) is 5.91 Å². The number of carbonyl (C=O) groups is 1. The van der Waals surface area contributed by atoms with E-state index in [1.807, 2.05) is 31.2 Å². The largest absolute Gasteiger partial charge is 0.399 e. The Morgan fingerprint density at radius 3 is 2.37 bits per heavy atom. The first-order valence-electron chi connectivity index (χ1n) is 6.46. The molecule has 1 saturated heterocycles. The average Bonchev–Trinajstić information content (AvgIpc) is 2.70. The molecule has 1 fully saturated rings. The molecule has 0 aromatic heterocycles. The molecule has 1 aromatic rings. The van der Waals surface area contributed by atoms with E-state index in [9.17, 15) is 15.0 Å². The summed E-state index contributed by atoms with van der Waals surface area (Å²) in [5, 5.41) is 18.9. The summed E-state index contributed by atoms with van der Waals surface area (Å²) in [7, 11) is 0. The van der Waals surface area contributed by atoms with Crippen LogP contribution in [0.5, 0.6) is 0 Å². The number of amides is 1. The molecule has 4 N–H and O–H groups in total. The number of aliphatic hydroxyl groups excluding tert-OH is 2. The van der Waals surface area contributed by atoms with Gasteiger partial charge in [0, 0.05) is 25.2 Å². The first kappa shape index (κ1) is 13.8. The predicted octanol–water partition coefficient (Wildman–Crippen LogP) is 0.326. The molecular formula is C14H20N2O3. The number of hydrogen-bond donors (Lipinski definition) is 3. The van der Waals surface area contributed by atoms with E-state index in [2.05, 4.69) is 0 Å². The molecule has 0 saturated carbocycles. The van der Waals surface area contributed by atoms with Gasteiger partial charge in [-0.3, -0.25) is 4.79 Å². The van der Waals surface area contributed by atoms with E-state index >= 15 is 0 Å². The van der Waals surface area contributed by atoms with Crippen LogP contribution in [0.25, 0.3) is 0 Å². The van der Waals surface area contributed by atoms with Crippen molar-refractivity contribution < 1.29 is 15.0 Å². The fourth-order valence-corrected chi connectivity index (χ4v) is 2.31. The molecular weight excluding hydrogens is 244 g/mol. The Morgan fingerprint density at radius 1 is 1.32 bits per heavy atom. The minimum Gasteiger partial charge on any atom is -0.399 e. The minimum absolute atomic E-state index is 0.0417. The van der Waals surface area contributed by atoms with Crippen LogP contribution in [0.1, 0.15) is 24.8 Å². The summed E-state index contributed by atoms with van der Waals surface area (Å²) in [4.78, 5) is 13.6. The lowest BCUT2D eigenvalue weighted by Crippen LogP contribution is -2.30. The first-order chi connectivity index (χ1) is 8.97. The minimum atomic E-state index is -0.823. The number of aliphatic hydroxyl groups is 2. The highest BCUT2D eigenvalue weighted by Gasteiger charge is 2.32. The monoisotopic (exact) mass is 264 g/mol. The smallest absolute Gasteiger partial charge is 0.223 e. The van der Waals surface area contributed by atoms with E-state index < -0.39 is 12.2 Å². The Bertz CT molecular complexity index is 437. The van der Waals surface area contributed by atoms with Crippen LogP contribution in [0.2, 0.25) is 0 Å². The number of anilines is 1. The number of likely N-dealkylation sites (tertiary alicyclic amines) is 1. The number of β-amino-alcohol motifs (C(OH)–C–C–N with tert-alkyl or cyclic N) is 2. The fourth-order valence-electron chi connectivity index (χ4n) is 2.31. The summed E-state index contributed by atoms with van der Waals surface area (Å²) in [6.07, 6.45) is -1.28. The van der Waals surface area contributed by atoms with Gasteiger partial charge in [0.25, 0.3) is 0 Å². The van der Waals surface area contributed by atoms with Gasteiger partial charge >= 0.3 is 0 Å². The van der Waals surface area contributed by atoms with Crippen molar-refractivity contribution in [2.45, 2.75) is 31.5 Å². The van der Waals surface area contributed by atoms with E-state index in [1.54, 1.807) is 0 Å². The van der Waals surface area contributed by atoms with Crippen molar-refractivity contribution in [2.75, 3.05) is 18.8 Å². The van der Waals surface area contributed by atoms with Crippen molar-refractivity contribution in [1.29, 1.82) is 0 Å². The molecule has 0 spiro atoms. The van der Waals surface area contributed by atoms with Crippen LogP contribution in [-0.4, -0.2) is 46.3 Å². The number of rotatable bonds is 3. The number of nitrogens with zero attached hydrogens (tertiary/aromatic N) is 1. The van der Waals surface area contributed by atoms with Crippen LogP contribution >= 0.6 is 0 Å². The van der Waals surface area contributed by atoms with Crippen molar-refractivity contribution >= 4 is 11.6 Å². The topological polar surface area (TPSA) is 86.8 Å². The van der Waals surface area contributed by atoms with E-state index in [4.69, 9.17) is 5.73 Å². The van der Waals surface area contributed by atoms with Gasteiger partial charge in [-0.1, -0.05) is 19.1 Å². The third kappa shape index (κ3) is 3.24. The highest BCUT2D eigenvalue weighted by atomic mass is 16.3. The lowest BCUT2D eigenvalue weighted by molar-refractivity contribution is -0.131. The summed E-state index contributed by atoms with van der Waals surface area (Å²) < 4.78 is 0. The van der Waals surface area contributed by atoms with Crippen molar-refractivity contribution in [3.63, 3.8) is 0 Å². The molecule has 3 atom stereocenters. The number of hydrogen-bond acceptors (Lipinski definition) is 4. The number of benzene rings is 1. The molecule has 1 unspecified atom stereocenters. The zero-order valence-corrected chi connectivity index (χ0v) is 11.0. The van der Waals surface area contributed by atoms with Gasteiger partial charge in [0.15, 0.2) is 0 Å². The molecule has 0 bridgehead atoms. The fraction of sp³-hybridized carbons (Fsp3) is 0.500. The molecule has 1 heterocycles. The van der Waals surface area contributed by atoms with E-state index in [1.165, 1.54) is 4.90 Å². The molecule has 2 rings (SSSR count). The van der Waals surface area contributed by atoms with Crippen LogP contribution < -0.4 is 5.73 Å². The summed E-state index contributed by atoms with van der Waals surface area (Å²) in [6.45, 7) is 2.41. The highest BCUT2D eigenvalue weighted by molar-refractivity contribution is 5.77. The molecule has 1 amide bonds. The van der Waals surface area contributed by atoms with Crippen LogP contribution in [0, 0.1) is 0 Å². The van der Waals surface area contributed by atoms with Crippen molar-refractivity contribution in [1.82, 2.24) is 4.90 Å². The summed E-state index contributed by atoms with van der Waals surface area (Å²) in [5.41, 5.74) is 7.39. The molecule has 1 aliphatic rings. The third-order valence-corrected chi connectivity index (χ3v) is 3.60. The maximum absolute atomic E-state index is 12.1. The summed E-state index contributed by atoms with van der Waals surface area (Å²) >= 11 is 0. The van der Waals surface area contributed by atoms with Gasteiger partial charge in [0.1, 0.15) is 0 Å². The van der Waals surface area contributed by atoms with Gasteiger partial charge in [-0.15, -0.1) is 0 Å². The van der Waals surface area contributed by atoms with Gasteiger partial charge < -0.3 is 20.8 Å². The molecule has 5 heteroatoms. The van der Waals surface area contributed by atoms with E-state index in [0.29, 0.717) is 12.1 Å². The van der Waals surface area contributed by atoms with Crippen LogP contribution in [0.15, 0.2) is 24.3 Å². The Hall–Kier alpha value is -1.59. The van der Waals surface area contributed by atoms with Crippen LogP contribution in [0.4, 0.5) is 5.69 Å². The van der Waals surface area contributed by atoms with Gasteiger partial charge in [-0.05, 0) is 23.6 Å². The quantitative estimate of drug-likeness (QED) is 0.686. The van der Waals surface area contributed by atoms with Gasteiger partial charge in [-0.2, -0.15) is 0 Å². The van der Waals surface area contributed by atoms with Crippen LogP contribution in [0.3, 0.4) is 0 Å². The van der Waals surface area contributed by atoms with Crippen molar-refractivity contribution in [3.8, 4) is 0 Å². The molecule has 1 aliphatic heterocycles. The molecule has 0 aliphatic carbocycles. The summed E-state index contributed by atoms with van der Waals surface area (Å²) in [6, 6.07) is 7.47. The second kappa shape index (κ2) is 5.59. The third-order valence-electron chi connectivity index (χ3n) is 3.60. The molecule has 0 radical (unpaired) electrons. The number of nitrogen functional groups attached to an aromatic ring is 1. The Morgan fingerprint density at radius 2 is 1.84 bits per heavy atom. The standard InChI is InChI=1S/C14H20N2O3/c1-9(10-2-4-11(15)5-3-10)6-14(19)16-7-12(17)13(18)8-16/h2-5,9,12-13,17-18H,6-8,15H2,1H3/t9?,12-,13+. The lowest BCUT2D eigenvalue weighted by Gasteiger charge is -2.18. The Kier molecular flexibility index (Phi) is 4.07. The van der Waals surface area contributed by atoms with Crippen molar-refractivity contribution in [3.05, 3.63) is 29.8 Å². The van der Waals surface area contributed by atoms with Gasteiger partial charge in [0.05, 0.1) is 12.2 Å². The predicted molar refractivity (Wildman–Crippen MR) is 72.5 cm³/mol. The van der Waals surface area contributed by atoms with Crippen LogP contribution in [-0.2, 0) is 4.79 Å². The maximum Gasteiger partial charge on any atom is 0.223 e. The Labute approximate surface area is 112 Å². The number of nitrogens with two attached hydrogens (primary N) is 1. The number of carbonyl (C=O) groups excluding carboxylic acids is 1. The summed E-state index contributed by atoms with van der Waals surface area (Å²) in [5.74, 6) is 0.0444. The molecule has 1 aromatic carbocycles. The van der Waals surface area contributed by atoms with E-state index in [-0.39, 0.29) is 24.9 Å². The SMILES string of the molecule is CC(CC(=O)N1C[C@@H](O)[C@@H](O)C1)c1ccc(N)cc1. The normalized spacial score (nSPS) is 24.5. The molecule has 19 heavy (non-hydrogen) atoms. The van der Waals surface area contributed by atoms with Crippen molar-refractivity contribution in [2.24, 2.45) is 0 Å². The van der Waals surface area contributed by atoms with Gasteiger partial charge in [-0.25, -0.2) is 0 Å². The second-order valence-corrected chi connectivity index (χ2v) is 5.21. The average molecular weight is 264 g/mol. The molecule has 5 nitrogen and oxygen atoms in total. The second-order valence-electron chi connectivity index (χ2n) is 5.21. The first-order valence-corrected chi connectivity index (χ1v) is 6.46. The lowest BCUT2D eigenvalue weighted by atomic mass is 9.97. The molecule has 104 valence electrons. The zero-order valence-electron chi connectivity index (χ0n) is 11.0. The van der Waals surface area contributed by atoms with E-state index in [0.717, 1.165) is 5.56 Å². The maximum atomic E-state index is 12.1. The zero-order chi connectivity index (χ0) is 14.0. The Balaban J connectivity index is 1.94.